The quantitative estimate of drug-likeness (QED) is 0.567. The van der Waals surface area contributed by atoms with Crippen LogP contribution in [0.15, 0.2) is 53.4 Å². The molecule has 180 valence electrons. The minimum atomic E-state index is -3.77. The fourth-order valence-corrected chi connectivity index (χ4v) is 4.90. The molecule has 1 atom stereocenters. The van der Waals surface area contributed by atoms with Gasteiger partial charge < -0.3 is 14.8 Å². The van der Waals surface area contributed by atoms with Crippen LogP contribution in [0.3, 0.4) is 0 Å². The normalized spacial score (nSPS) is 15.4. The van der Waals surface area contributed by atoms with Crippen molar-refractivity contribution in [3.05, 3.63) is 65.2 Å². The van der Waals surface area contributed by atoms with Crippen molar-refractivity contribution in [3.8, 4) is 6.07 Å². The van der Waals surface area contributed by atoms with Gasteiger partial charge in [0.1, 0.15) is 12.6 Å². The molecule has 0 bridgehead atoms. The van der Waals surface area contributed by atoms with Crippen LogP contribution in [-0.2, 0) is 30.9 Å². The molecule has 0 spiro atoms. The van der Waals surface area contributed by atoms with Crippen LogP contribution in [0, 0.1) is 17.2 Å². The number of esters is 1. The first kappa shape index (κ1) is 25.4. The highest BCUT2D eigenvalue weighted by Gasteiger charge is 2.29. The lowest BCUT2D eigenvalue weighted by atomic mass is 10.0. The van der Waals surface area contributed by atoms with Crippen molar-refractivity contribution in [2.45, 2.75) is 31.4 Å². The number of morpholine rings is 1. The van der Waals surface area contributed by atoms with Crippen molar-refractivity contribution in [1.82, 2.24) is 9.62 Å². The van der Waals surface area contributed by atoms with Crippen molar-refractivity contribution >= 4 is 21.9 Å². The maximum absolute atomic E-state index is 12.9. The zero-order valence-corrected chi connectivity index (χ0v) is 19.9. The maximum Gasteiger partial charge on any atom is 0.329 e. The molecule has 0 unspecified atom stereocenters. The van der Waals surface area contributed by atoms with E-state index in [0.29, 0.717) is 24.3 Å². The zero-order valence-electron chi connectivity index (χ0n) is 19.1. The van der Waals surface area contributed by atoms with E-state index in [9.17, 15) is 23.3 Å². The average Bonchev–Trinajstić information content (AvgIpc) is 2.86. The van der Waals surface area contributed by atoms with Crippen LogP contribution in [0.4, 0.5) is 0 Å². The number of nitriles is 1. The largest absolute Gasteiger partial charge is 0.459 e. The van der Waals surface area contributed by atoms with E-state index in [4.69, 9.17) is 9.47 Å². The molecule has 0 radical (unpaired) electrons. The standard InChI is InChI=1S/C24H27N3O6S/c1-17(2)22(24(29)33-16-20-7-4-3-6-19(20)15-25)26-23(28)18-8-5-9-21(14-18)34(30,31)27-10-12-32-13-11-27/h3-9,14,17,22H,10-13,16H2,1-2H3,(H,26,28)/t22-/m0/s1. The minimum absolute atomic E-state index is 0.00108. The second-order valence-electron chi connectivity index (χ2n) is 8.12. The number of carbonyl (C=O) groups excluding carboxylic acids is 2. The Bertz CT molecular complexity index is 1180. The molecule has 1 heterocycles. The van der Waals surface area contributed by atoms with E-state index in [2.05, 4.69) is 5.32 Å². The van der Waals surface area contributed by atoms with Gasteiger partial charge in [0.05, 0.1) is 29.7 Å². The van der Waals surface area contributed by atoms with Crippen LogP contribution in [0.25, 0.3) is 0 Å². The average molecular weight is 486 g/mol. The van der Waals surface area contributed by atoms with E-state index < -0.39 is 27.9 Å². The van der Waals surface area contributed by atoms with Crippen molar-refractivity contribution < 1.29 is 27.5 Å². The number of carbonyl (C=O) groups is 2. The third kappa shape index (κ3) is 5.99. The molecular weight excluding hydrogens is 458 g/mol. The Morgan fingerprint density at radius 2 is 1.85 bits per heavy atom. The first-order chi connectivity index (χ1) is 16.2. The third-order valence-electron chi connectivity index (χ3n) is 5.42. The maximum atomic E-state index is 12.9. The summed E-state index contributed by atoms with van der Waals surface area (Å²) in [6.45, 7) is 4.54. The van der Waals surface area contributed by atoms with Crippen LogP contribution < -0.4 is 5.32 Å². The van der Waals surface area contributed by atoms with E-state index in [1.54, 1.807) is 38.1 Å². The van der Waals surface area contributed by atoms with Crippen molar-refractivity contribution in [3.63, 3.8) is 0 Å². The molecule has 0 aliphatic carbocycles. The monoisotopic (exact) mass is 485 g/mol. The summed E-state index contributed by atoms with van der Waals surface area (Å²) in [5, 5.41) is 11.8. The lowest BCUT2D eigenvalue weighted by Crippen LogP contribution is -2.45. The lowest BCUT2D eigenvalue weighted by Gasteiger charge is -2.26. The summed E-state index contributed by atoms with van der Waals surface area (Å²) < 4.78 is 37.7. The van der Waals surface area contributed by atoms with Crippen molar-refractivity contribution in [2.75, 3.05) is 26.3 Å². The topological polar surface area (TPSA) is 126 Å². The van der Waals surface area contributed by atoms with Crippen LogP contribution in [0.5, 0.6) is 0 Å². The summed E-state index contributed by atoms with van der Waals surface area (Å²) in [4.78, 5) is 25.6. The first-order valence-electron chi connectivity index (χ1n) is 10.9. The molecule has 1 amide bonds. The summed E-state index contributed by atoms with van der Waals surface area (Å²) in [5.41, 5.74) is 1.08. The van der Waals surface area contributed by atoms with Gasteiger partial charge in [0.2, 0.25) is 10.0 Å². The fourth-order valence-electron chi connectivity index (χ4n) is 3.45. The van der Waals surface area contributed by atoms with E-state index >= 15 is 0 Å². The number of rotatable bonds is 8. The second kappa shape index (κ2) is 11.2. The predicted octanol–water partition coefficient (Wildman–Crippen LogP) is 2.08. The van der Waals surface area contributed by atoms with Gasteiger partial charge >= 0.3 is 5.97 Å². The Morgan fingerprint density at radius 3 is 2.53 bits per heavy atom. The molecule has 0 aromatic heterocycles. The summed E-state index contributed by atoms with van der Waals surface area (Å²) in [5.74, 6) is -1.52. The van der Waals surface area contributed by atoms with Crippen LogP contribution in [0.2, 0.25) is 0 Å². The highest BCUT2D eigenvalue weighted by molar-refractivity contribution is 7.89. The van der Waals surface area contributed by atoms with Gasteiger partial charge in [-0.3, -0.25) is 4.79 Å². The van der Waals surface area contributed by atoms with E-state index in [-0.39, 0.29) is 36.1 Å². The molecule has 2 aromatic carbocycles. The van der Waals surface area contributed by atoms with E-state index in [1.807, 2.05) is 6.07 Å². The van der Waals surface area contributed by atoms with Crippen molar-refractivity contribution in [1.29, 1.82) is 5.26 Å². The highest BCUT2D eigenvalue weighted by Crippen LogP contribution is 2.19. The fraction of sp³-hybridized carbons (Fsp3) is 0.375. The van der Waals surface area contributed by atoms with Gasteiger partial charge in [0, 0.05) is 24.2 Å². The molecule has 1 N–H and O–H groups in total. The molecule has 1 fully saturated rings. The number of sulfonamides is 1. The third-order valence-corrected chi connectivity index (χ3v) is 7.31. The van der Waals surface area contributed by atoms with Gasteiger partial charge in [0.25, 0.3) is 5.91 Å². The molecule has 1 aliphatic heterocycles. The summed E-state index contributed by atoms with van der Waals surface area (Å²) in [6.07, 6.45) is 0. The molecule has 0 saturated carbocycles. The summed E-state index contributed by atoms with van der Waals surface area (Å²) in [7, 11) is -3.77. The first-order valence-corrected chi connectivity index (χ1v) is 12.3. The number of hydrogen-bond donors (Lipinski definition) is 1. The van der Waals surface area contributed by atoms with Crippen LogP contribution >= 0.6 is 0 Å². The van der Waals surface area contributed by atoms with Crippen molar-refractivity contribution in [2.24, 2.45) is 5.92 Å². The molecule has 1 saturated heterocycles. The predicted molar refractivity (Wildman–Crippen MR) is 123 cm³/mol. The summed E-state index contributed by atoms with van der Waals surface area (Å²) >= 11 is 0. The molecule has 34 heavy (non-hydrogen) atoms. The molecule has 9 nitrogen and oxygen atoms in total. The van der Waals surface area contributed by atoms with Gasteiger partial charge in [-0.15, -0.1) is 0 Å². The smallest absolute Gasteiger partial charge is 0.329 e. The Kier molecular flexibility index (Phi) is 8.39. The highest BCUT2D eigenvalue weighted by atomic mass is 32.2. The number of hydrogen-bond acceptors (Lipinski definition) is 7. The Balaban J connectivity index is 1.71. The SMILES string of the molecule is CC(C)[C@H](NC(=O)c1cccc(S(=O)(=O)N2CCOCC2)c1)C(=O)OCc1ccccc1C#N. The minimum Gasteiger partial charge on any atom is -0.459 e. The van der Waals surface area contributed by atoms with Gasteiger partial charge in [-0.05, 0) is 30.2 Å². The van der Waals surface area contributed by atoms with Gasteiger partial charge in [0.15, 0.2) is 0 Å². The Hall–Kier alpha value is -3.26. The molecule has 3 rings (SSSR count). The molecule has 10 heteroatoms. The number of benzene rings is 2. The van der Waals surface area contributed by atoms with E-state index in [0.717, 1.165) is 0 Å². The number of amides is 1. The zero-order chi connectivity index (χ0) is 24.7. The van der Waals surface area contributed by atoms with Gasteiger partial charge in [-0.1, -0.05) is 38.1 Å². The van der Waals surface area contributed by atoms with Gasteiger partial charge in [-0.25, -0.2) is 13.2 Å². The van der Waals surface area contributed by atoms with Crippen LogP contribution in [0.1, 0.15) is 35.3 Å². The molecular formula is C24H27N3O6S. The Morgan fingerprint density at radius 1 is 1.15 bits per heavy atom. The van der Waals surface area contributed by atoms with Crippen LogP contribution in [-0.4, -0.2) is 56.9 Å². The number of nitrogens with zero attached hydrogens (tertiary/aromatic N) is 2. The van der Waals surface area contributed by atoms with Gasteiger partial charge in [-0.2, -0.15) is 9.57 Å². The summed E-state index contributed by atoms with van der Waals surface area (Å²) in [6, 6.07) is 13.6. The molecule has 1 aliphatic rings. The number of nitrogens with one attached hydrogen (secondary N) is 1. The lowest BCUT2D eigenvalue weighted by molar-refractivity contribution is -0.148. The second-order valence-corrected chi connectivity index (χ2v) is 10.1. The number of ether oxygens (including phenoxy) is 2. The van der Waals surface area contributed by atoms with E-state index in [1.165, 1.54) is 28.6 Å². The Labute approximate surface area is 199 Å². The molecule has 2 aromatic rings.